The maximum absolute atomic E-state index is 12.0. The summed E-state index contributed by atoms with van der Waals surface area (Å²) >= 11 is 0. The van der Waals surface area contributed by atoms with Gasteiger partial charge in [0, 0.05) is 19.6 Å². The Kier molecular flexibility index (Phi) is 6.75. The van der Waals surface area contributed by atoms with E-state index in [-0.39, 0.29) is 25.5 Å². The molecule has 1 atom stereocenters. The van der Waals surface area contributed by atoms with Crippen LogP contribution in [0.3, 0.4) is 0 Å². The van der Waals surface area contributed by atoms with Crippen LogP contribution < -0.4 is 11.1 Å². The third-order valence-corrected chi connectivity index (χ3v) is 3.25. The van der Waals surface area contributed by atoms with Gasteiger partial charge in [0.15, 0.2) is 0 Å². The molecular formula is C11H22N2O4. The van der Waals surface area contributed by atoms with Gasteiger partial charge >= 0.3 is 5.97 Å². The lowest BCUT2D eigenvalue weighted by Gasteiger charge is -2.30. The summed E-state index contributed by atoms with van der Waals surface area (Å²) < 4.78 is 0. The van der Waals surface area contributed by atoms with Crippen LogP contribution in [-0.2, 0) is 9.59 Å². The van der Waals surface area contributed by atoms with Gasteiger partial charge in [-0.3, -0.25) is 4.79 Å². The molecule has 0 saturated heterocycles. The van der Waals surface area contributed by atoms with Crippen molar-refractivity contribution in [3.8, 4) is 0 Å². The Morgan fingerprint density at radius 2 is 1.88 bits per heavy atom. The lowest BCUT2D eigenvalue weighted by atomic mass is 9.81. The average molecular weight is 246 g/mol. The normalized spacial score (nSPS) is 13.2. The van der Waals surface area contributed by atoms with Crippen LogP contribution in [0.5, 0.6) is 0 Å². The fourth-order valence-corrected chi connectivity index (χ4v) is 1.65. The summed E-state index contributed by atoms with van der Waals surface area (Å²) in [6, 6.07) is -1.06. The van der Waals surface area contributed by atoms with E-state index >= 15 is 0 Å². The molecule has 0 spiro atoms. The van der Waals surface area contributed by atoms with E-state index in [0.29, 0.717) is 12.8 Å². The summed E-state index contributed by atoms with van der Waals surface area (Å²) in [5.74, 6) is -1.50. The number of hydrogen-bond donors (Lipinski definition) is 4. The fourth-order valence-electron chi connectivity index (χ4n) is 1.65. The van der Waals surface area contributed by atoms with Crippen molar-refractivity contribution in [1.29, 1.82) is 0 Å². The molecule has 0 saturated carbocycles. The summed E-state index contributed by atoms with van der Waals surface area (Å²) in [5.41, 5.74) is 4.88. The van der Waals surface area contributed by atoms with Crippen LogP contribution in [0.15, 0.2) is 0 Å². The van der Waals surface area contributed by atoms with E-state index in [1.54, 1.807) is 0 Å². The van der Waals surface area contributed by atoms with Gasteiger partial charge in [-0.15, -0.1) is 0 Å². The van der Waals surface area contributed by atoms with E-state index in [2.05, 4.69) is 5.32 Å². The average Bonchev–Trinajstić information content (AvgIpc) is 2.31. The number of aliphatic hydroxyl groups excluding tert-OH is 1. The molecule has 17 heavy (non-hydrogen) atoms. The van der Waals surface area contributed by atoms with Crippen molar-refractivity contribution in [1.82, 2.24) is 5.32 Å². The van der Waals surface area contributed by atoms with Crippen molar-refractivity contribution in [2.45, 2.75) is 39.2 Å². The molecule has 0 heterocycles. The summed E-state index contributed by atoms with van der Waals surface area (Å²) in [7, 11) is 0. The lowest BCUT2D eigenvalue weighted by Crippen LogP contribution is -2.51. The maximum Gasteiger partial charge on any atom is 0.326 e. The molecule has 5 N–H and O–H groups in total. The van der Waals surface area contributed by atoms with Crippen molar-refractivity contribution in [2.75, 3.05) is 13.2 Å². The number of carbonyl (C=O) groups is 2. The molecule has 0 aromatic carbocycles. The quantitative estimate of drug-likeness (QED) is 0.470. The Labute approximate surface area is 101 Å². The first kappa shape index (κ1) is 15.9. The molecule has 0 aliphatic heterocycles. The van der Waals surface area contributed by atoms with E-state index in [4.69, 9.17) is 15.9 Å². The SMILES string of the molecule is CCC(CC)(CN)C(=O)N[C@@H](CCO)C(=O)O. The van der Waals surface area contributed by atoms with Gasteiger partial charge < -0.3 is 21.3 Å². The molecule has 0 bridgehead atoms. The van der Waals surface area contributed by atoms with Crippen LogP contribution in [0.4, 0.5) is 0 Å². The number of rotatable bonds is 8. The molecule has 0 radical (unpaired) electrons. The van der Waals surface area contributed by atoms with Gasteiger partial charge in [0.2, 0.25) is 5.91 Å². The molecule has 6 heteroatoms. The molecule has 100 valence electrons. The predicted octanol–water partition coefficient (Wildman–Crippen LogP) is -0.297. The Morgan fingerprint density at radius 3 is 2.18 bits per heavy atom. The number of aliphatic hydroxyl groups is 1. The summed E-state index contributed by atoms with van der Waals surface area (Å²) in [6.45, 7) is 3.58. The van der Waals surface area contributed by atoms with Gasteiger partial charge in [0.05, 0.1) is 5.41 Å². The number of carbonyl (C=O) groups excluding carboxylic acids is 1. The molecule has 0 aromatic heterocycles. The number of hydrogen-bond acceptors (Lipinski definition) is 4. The van der Waals surface area contributed by atoms with Crippen molar-refractivity contribution in [2.24, 2.45) is 11.1 Å². The highest BCUT2D eigenvalue weighted by atomic mass is 16.4. The zero-order valence-corrected chi connectivity index (χ0v) is 10.4. The van der Waals surface area contributed by atoms with E-state index in [1.165, 1.54) is 0 Å². The number of nitrogens with two attached hydrogens (primary N) is 1. The van der Waals surface area contributed by atoms with Crippen LogP contribution >= 0.6 is 0 Å². The monoisotopic (exact) mass is 246 g/mol. The van der Waals surface area contributed by atoms with Gasteiger partial charge in [-0.25, -0.2) is 4.79 Å². The Hall–Kier alpha value is -1.14. The molecule has 0 aliphatic rings. The lowest BCUT2D eigenvalue weighted by molar-refractivity contribution is -0.144. The Bertz CT molecular complexity index is 256. The van der Waals surface area contributed by atoms with Crippen LogP contribution in [0, 0.1) is 5.41 Å². The van der Waals surface area contributed by atoms with Gasteiger partial charge in [-0.2, -0.15) is 0 Å². The van der Waals surface area contributed by atoms with Crippen molar-refractivity contribution < 1.29 is 19.8 Å². The van der Waals surface area contributed by atoms with E-state index in [9.17, 15) is 9.59 Å². The Balaban J connectivity index is 4.73. The van der Waals surface area contributed by atoms with Crippen LogP contribution in [0.1, 0.15) is 33.1 Å². The van der Waals surface area contributed by atoms with Crippen LogP contribution in [0.2, 0.25) is 0 Å². The third kappa shape index (κ3) is 3.98. The molecular weight excluding hydrogens is 224 g/mol. The van der Waals surface area contributed by atoms with Gasteiger partial charge in [-0.05, 0) is 12.8 Å². The second kappa shape index (κ2) is 7.24. The van der Waals surface area contributed by atoms with Gasteiger partial charge in [0.25, 0.3) is 0 Å². The smallest absolute Gasteiger partial charge is 0.326 e. The second-order valence-electron chi connectivity index (χ2n) is 4.07. The van der Waals surface area contributed by atoms with Crippen LogP contribution in [-0.4, -0.2) is 41.3 Å². The minimum atomic E-state index is -1.15. The molecule has 1 amide bonds. The number of aliphatic carboxylic acids is 1. The molecule has 0 unspecified atom stereocenters. The standard InChI is InChI=1S/C11H22N2O4/c1-3-11(4-2,7-12)10(17)13-8(5-6-14)9(15)16/h8,14H,3-7,12H2,1-2H3,(H,13,17)(H,15,16)/t8-/m0/s1. The van der Waals surface area contributed by atoms with Gasteiger partial charge in [0.1, 0.15) is 6.04 Å². The van der Waals surface area contributed by atoms with E-state index in [0.717, 1.165) is 0 Å². The van der Waals surface area contributed by atoms with Crippen LogP contribution in [0.25, 0.3) is 0 Å². The minimum absolute atomic E-state index is 0.00481. The largest absolute Gasteiger partial charge is 0.480 e. The maximum atomic E-state index is 12.0. The summed E-state index contributed by atoms with van der Waals surface area (Å²) in [6.07, 6.45) is 1.10. The van der Waals surface area contributed by atoms with E-state index < -0.39 is 17.4 Å². The highest BCUT2D eigenvalue weighted by Crippen LogP contribution is 2.25. The highest BCUT2D eigenvalue weighted by molar-refractivity contribution is 5.87. The highest BCUT2D eigenvalue weighted by Gasteiger charge is 2.35. The first-order valence-electron chi connectivity index (χ1n) is 5.82. The van der Waals surface area contributed by atoms with Crippen molar-refractivity contribution >= 4 is 11.9 Å². The predicted molar refractivity (Wildman–Crippen MR) is 63.3 cm³/mol. The number of carboxylic acid groups (broad SMARTS) is 1. The molecule has 0 aromatic rings. The third-order valence-electron chi connectivity index (χ3n) is 3.25. The first-order chi connectivity index (χ1) is 7.97. The van der Waals surface area contributed by atoms with Crippen molar-refractivity contribution in [3.05, 3.63) is 0 Å². The Morgan fingerprint density at radius 1 is 1.35 bits per heavy atom. The fraction of sp³-hybridized carbons (Fsp3) is 0.818. The molecule has 0 aliphatic carbocycles. The number of amides is 1. The molecule has 0 rings (SSSR count). The number of carboxylic acids is 1. The molecule has 6 nitrogen and oxygen atoms in total. The zero-order valence-electron chi connectivity index (χ0n) is 10.4. The van der Waals surface area contributed by atoms with E-state index in [1.807, 2.05) is 13.8 Å². The topological polar surface area (TPSA) is 113 Å². The molecule has 0 fully saturated rings. The zero-order chi connectivity index (χ0) is 13.5. The number of nitrogens with one attached hydrogen (secondary N) is 1. The minimum Gasteiger partial charge on any atom is -0.480 e. The summed E-state index contributed by atoms with van der Waals surface area (Å²) in [5, 5.41) is 20.0. The first-order valence-corrected chi connectivity index (χ1v) is 5.82. The van der Waals surface area contributed by atoms with Gasteiger partial charge in [-0.1, -0.05) is 13.8 Å². The van der Waals surface area contributed by atoms with Crippen molar-refractivity contribution in [3.63, 3.8) is 0 Å². The second-order valence-corrected chi connectivity index (χ2v) is 4.07. The summed E-state index contributed by atoms with van der Waals surface area (Å²) in [4.78, 5) is 22.9.